The number of carbonyl (C=O) groups is 1. The Morgan fingerprint density at radius 1 is 1.18 bits per heavy atom. The Morgan fingerprint density at radius 3 is 2.74 bits per heavy atom. The molecular weight excluding hydrogens is 494 g/mol. The molecule has 4 heterocycles. The molecule has 0 saturated heterocycles. The zero-order valence-electron chi connectivity index (χ0n) is 22.5. The van der Waals surface area contributed by atoms with Crippen molar-refractivity contribution in [2.24, 2.45) is 0 Å². The minimum Gasteiger partial charge on any atom is -0.496 e. The predicted molar refractivity (Wildman–Crippen MR) is 154 cm³/mol. The molecule has 1 aromatic carbocycles. The fraction of sp³-hybridized carbons (Fsp3) is 0.355. The fourth-order valence-electron chi connectivity index (χ4n) is 5.18. The van der Waals surface area contributed by atoms with Crippen molar-refractivity contribution in [1.29, 1.82) is 0 Å². The summed E-state index contributed by atoms with van der Waals surface area (Å²) in [7, 11) is 1.71. The predicted octanol–water partition coefficient (Wildman–Crippen LogP) is 6.62. The van der Waals surface area contributed by atoms with Crippen LogP contribution in [0.3, 0.4) is 0 Å². The Bertz CT molecular complexity index is 1400. The Kier molecular flexibility index (Phi) is 7.79. The van der Waals surface area contributed by atoms with E-state index in [0.717, 1.165) is 76.4 Å². The summed E-state index contributed by atoms with van der Waals surface area (Å²) in [5.74, 6) is 0.831. The van der Waals surface area contributed by atoms with Gasteiger partial charge in [0.15, 0.2) is 6.29 Å². The largest absolute Gasteiger partial charge is 0.496 e. The lowest BCUT2D eigenvalue weighted by atomic mass is 9.91. The van der Waals surface area contributed by atoms with E-state index in [9.17, 15) is 4.79 Å². The number of methoxy groups -OCH3 is 1. The highest BCUT2D eigenvalue weighted by molar-refractivity contribution is 7.13. The lowest BCUT2D eigenvalue weighted by Crippen LogP contribution is -2.36. The van der Waals surface area contributed by atoms with E-state index in [0.29, 0.717) is 18.9 Å². The topological polar surface area (TPSA) is 65.4 Å². The van der Waals surface area contributed by atoms with Crippen LogP contribution in [0.15, 0.2) is 54.2 Å². The first-order valence-electron chi connectivity index (χ1n) is 13.1. The van der Waals surface area contributed by atoms with E-state index in [4.69, 9.17) is 9.47 Å². The van der Waals surface area contributed by atoms with Gasteiger partial charge in [-0.2, -0.15) is 0 Å². The fourth-order valence-corrected chi connectivity index (χ4v) is 5.98. The Hall–Kier alpha value is -3.26. The van der Waals surface area contributed by atoms with Crippen LogP contribution in [0.4, 0.5) is 0 Å². The van der Waals surface area contributed by atoms with Gasteiger partial charge in [0.2, 0.25) is 0 Å². The summed E-state index contributed by atoms with van der Waals surface area (Å²) in [5, 5.41) is 5.59. The van der Waals surface area contributed by atoms with Gasteiger partial charge in [-0.3, -0.25) is 9.78 Å². The van der Waals surface area contributed by atoms with E-state index in [2.05, 4.69) is 65.3 Å². The number of aryl methyl sites for hydroxylation is 1. The molecule has 1 N–H and O–H groups in total. The number of hydrogen-bond donors (Lipinski definition) is 1. The number of ether oxygens (including phenoxy) is 2. The second kappa shape index (κ2) is 11.2. The summed E-state index contributed by atoms with van der Waals surface area (Å²) in [6.45, 7) is 9.14. The van der Waals surface area contributed by atoms with Crippen LogP contribution in [0, 0.1) is 0 Å². The smallest absolute Gasteiger partial charge is 0.166 e. The second-order valence-corrected chi connectivity index (χ2v) is 11.6. The number of aromatic nitrogens is 2. The van der Waals surface area contributed by atoms with E-state index >= 15 is 0 Å². The SMILES string of the molecule is COc1cc2c(cc1-c1cccnc1)-c1c(-c3cccs3)c(COCCCNC(C)(C)C)c(C=O)n1CC2. The van der Waals surface area contributed by atoms with Crippen molar-refractivity contribution in [1.82, 2.24) is 14.9 Å². The molecule has 3 aromatic heterocycles. The first-order chi connectivity index (χ1) is 18.4. The number of rotatable bonds is 10. The molecule has 0 atom stereocenters. The van der Waals surface area contributed by atoms with E-state index in [1.54, 1.807) is 24.6 Å². The molecule has 4 aromatic rings. The summed E-state index contributed by atoms with van der Waals surface area (Å²) in [6, 6.07) is 12.5. The van der Waals surface area contributed by atoms with Crippen LogP contribution in [-0.4, -0.2) is 41.6 Å². The molecule has 0 amide bonds. The zero-order valence-corrected chi connectivity index (χ0v) is 23.4. The third kappa shape index (κ3) is 5.32. The summed E-state index contributed by atoms with van der Waals surface area (Å²) < 4.78 is 14.2. The number of nitrogens with zero attached hydrogens (tertiary/aromatic N) is 2. The molecule has 0 radical (unpaired) electrons. The Balaban J connectivity index is 1.57. The molecule has 198 valence electrons. The summed E-state index contributed by atoms with van der Waals surface area (Å²) in [6.07, 6.45) is 6.36. The summed E-state index contributed by atoms with van der Waals surface area (Å²) in [5.41, 5.74) is 8.27. The van der Waals surface area contributed by atoms with E-state index in [-0.39, 0.29) is 5.54 Å². The number of benzene rings is 1. The minimum absolute atomic E-state index is 0.0864. The van der Waals surface area contributed by atoms with Gasteiger partial charge in [0.1, 0.15) is 5.75 Å². The minimum atomic E-state index is 0.0864. The molecule has 0 bridgehead atoms. The van der Waals surface area contributed by atoms with Crippen molar-refractivity contribution in [2.75, 3.05) is 20.3 Å². The third-order valence-electron chi connectivity index (χ3n) is 6.91. The highest BCUT2D eigenvalue weighted by atomic mass is 32.1. The molecule has 0 fully saturated rings. The van der Waals surface area contributed by atoms with Crippen LogP contribution in [-0.2, 0) is 24.3 Å². The number of aldehydes is 1. The average Bonchev–Trinajstić information content (AvgIpc) is 3.55. The van der Waals surface area contributed by atoms with Gasteiger partial charge >= 0.3 is 0 Å². The number of pyridine rings is 1. The standard InChI is InChI=1S/C31H35N3O3S/c1-31(2,3)33-12-7-14-37-20-25-26(19-35)34-13-10-21-16-27(36-4)23(22-8-5-11-32-18-22)17-24(21)30(34)29(25)28-9-6-15-38-28/h5-6,8-9,11,15-19,33H,7,10,12-14,20H2,1-4H3. The molecule has 6 nitrogen and oxygen atoms in total. The van der Waals surface area contributed by atoms with E-state index in [1.165, 1.54) is 5.56 Å². The average molecular weight is 530 g/mol. The second-order valence-electron chi connectivity index (χ2n) is 10.6. The molecule has 7 heteroatoms. The molecular formula is C31H35N3O3S. The van der Waals surface area contributed by atoms with Crippen LogP contribution in [0.25, 0.3) is 32.8 Å². The molecule has 0 saturated carbocycles. The maximum absolute atomic E-state index is 12.5. The van der Waals surface area contributed by atoms with Gasteiger partial charge in [-0.15, -0.1) is 11.3 Å². The molecule has 5 rings (SSSR count). The van der Waals surface area contributed by atoms with Gasteiger partial charge in [-0.1, -0.05) is 12.1 Å². The van der Waals surface area contributed by atoms with Gasteiger partial charge in [-0.25, -0.2) is 0 Å². The normalized spacial score (nSPS) is 12.7. The maximum Gasteiger partial charge on any atom is 0.166 e. The van der Waals surface area contributed by atoms with Crippen molar-refractivity contribution in [3.05, 3.63) is 71.0 Å². The highest BCUT2D eigenvalue weighted by Gasteiger charge is 2.30. The van der Waals surface area contributed by atoms with Crippen LogP contribution in [0.2, 0.25) is 0 Å². The number of carbonyl (C=O) groups excluding carboxylic acids is 1. The molecule has 0 aliphatic carbocycles. The first-order valence-corrected chi connectivity index (χ1v) is 14.0. The zero-order chi connectivity index (χ0) is 26.7. The maximum atomic E-state index is 12.5. The molecule has 0 spiro atoms. The van der Waals surface area contributed by atoms with E-state index < -0.39 is 0 Å². The number of fused-ring (bicyclic) bond motifs is 3. The quantitative estimate of drug-likeness (QED) is 0.185. The van der Waals surface area contributed by atoms with Crippen LogP contribution in [0.5, 0.6) is 5.75 Å². The lowest BCUT2D eigenvalue weighted by molar-refractivity contribution is 0.108. The molecule has 38 heavy (non-hydrogen) atoms. The van der Waals surface area contributed by atoms with Crippen molar-refractivity contribution in [3.63, 3.8) is 0 Å². The van der Waals surface area contributed by atoms with Gasteiger partial charge in [0.05, 0.1) is 25.1 Å². The Labute approximate surface area is 228 Å². The van der Waals surface area contributed by atoms with Crippen molar-refractivity contribution < 1.29 is 14.3 Å². The van der Waals surface area contributed by atoms with Crippen molar-refractivity contribution in [2.45, 2.75) is 52.3 Å². The molecule has 1 aliphatic heterocycles. The third-order valence-corrected chi connectivity index (χ3v) is 7.80. The number of nitrogens with one attached hydrogen (secondary N) is 1. The molecule has 1 aliphatic rings. The van der Waals surface area contributed by atoms with E-state index in [1.807, 2.05) is 18.3 Å². The lowest BCUT2D eigenvalue weighted by Gasteiger charge is -2.24. The van der Waals surface area contributed by atoms with Gasteiger partial charge < -0.3 is 19.4 Å². The summed E-state index contributed by atoms with van der Waals surface area (Å²) >= 11 is 1.69. The first kappa shape index (κ1) is 26.4. The van der Waals surface area contributed by atoms with Crippen LogP contribution < -0.4 is 10.1 Å². The Morgan fingerprint density at radius 2 is 2.05 bits per heavy atom. The van der Waals surface area contributed by atoms with Crippen molar-refractivity contribution >= 4 is 17.6 Å². The van der Waals surface area contributed by atoms with Gasteiger partial charge in [0, 0.05) is 63.8 Å². The van der Waals surface area contributed by atoms with Gasteiger partial charge in [-0.05, 0) is 75.4 Å². The molecule has 0 unspecified atom stereocenters. The van der Waals surface area contributed by atoms with Gasteiger partial charge in [0.25, 0.3) is 0 Å². The summed E-state index contributed by atoms with van der Waals surface area (Å²) in [4.78, 5) is 18.0. The van der Waals surface area contributed by atoms with Crippen LogP contribution >= 0.6 is 11.3 Å². The number of hydrogen-bond acceptors (Lipinski definition) is 6. The van der Waals surface area contributed by atoms with Crippen molar-refractivity contribution in [3.8, 4) is 38.6 Å². The highest BCUT2D eigenvalue weighted by Crippen LogP contribution is 2.47. The van der Waals surface area contributed by atoms with Crippen LogP contribution in [0.1, 0.15) is 48.8 Å². The number of thiophene rings is 1. The monoisotopic (exact) mass is 529 g/mol.